The van der Waals surface area contributed by atoms with Crippen LogP contribution in [0, 0.1) is 5.92 Å². The average Bonchev–Trinajstić information content (AvgIpc) is 3.13. The van der Waals surface area contributed by atoms with Gasteiger partial charge in [-0.1, -0.05) is 37.3 Å². The first-order valence-electron chi connectivity index (χ1n) is 6.58. The van der Waals surface area contributed by atoms with Gasteiger partial charge in [0, 0.05) is 25.0 Å². The standard InChI is InChI=1S/C15H24N2/c1-15(11-16,14-6-4-3-5-7-14)12-17(2)10-13-8-9-13/h3-7,13H,8-12,16H2,1-2H3. The second kappa shape index (κ2) is 5.19. The maximum Gasteiger partial charge on any atom is 0.0174 e. The van der Waals surface area contributed by atoms with Gasteiger partial charge in [0.1, 0.15) is 0 Å². The second-order valence-electron chi connectivity index (χ2n) is 5.77. The van der Waals surface area contributed by atoms with Crippen LogP contribution in [-0.2, 0) is 5.41 Å². The van der Waals surface area contributed by atoms with E-state index >= 15 is 0 Å². The summed E-state index contributed by atoms with van der Waals surface area (Å²) in [5.74, 6) is 0.942. The topological polar surface area (TPSA) is 29.3 Å². The van der Waals surface area contributed by atoms with E-state index < -0.39 is 0 Å². The Balaban J connectivity index is 2.02. The van der Waals surface area contributed by atoms with Crippen LogP contribution >= 0.6 is 0 Å². The monoisotopic (exact) mass is 232 g/mol. The lowest BCUT2D eigenvalue weighted by molar-refractivity contribution is 0.251. The van der Waals surface area contributed by atoms with Gasteiger partial charge in [-0.15, -0.1) is 0 Å². The van der Waals surface area contributed by atoms with Crippen LogP contribution in [0.25, 0.3) is 0 Å². The van der Waals surface area contributed by atoms with Crippen molar-refractivity contribution in [1.82, 2.24) is 4.90 Å². The summed E-state index contributed by atoms with van der Waals surface area (Å²) in [4.78, 5) is 2.44. The summed E-state index contributed by atoms with van der Waals surface area (Å²) in [6.07, 6.45) is 2.82. The zero-order valence-electron chi connectivity index (χ0n) is 11.0. The van der Waals surface area contributed by atoms with Crippen molar-refractivity contribution in [3.05, 3.63) is 35.9 Å². The van der Waals surface area contributed by atoms with Crippen LogP contribution in [0.5, 0.6) is 0 Å². The van der Waals surface area contributed by atoms with E-state index in [4.69, 9.17) is 5.73 Å². The van der Waals surface area contributed by atoms with E-state index in [-0.39, 0.29) is 5.41 Å². The summed E-state index contributed by atoms with van der Waals surface area (Å²) < 4.78 is 0. The Labute approximate surface area is 105 Å². The highest BCUT2D eigenvalue weighted by atomic mass is 15.1. The Morgan fingerprint density at radius 1 is 1.29 bits per heavy atom. The molecule has 0 aromatic heterocycles. The van der Waals surface area contributed by atoms with Crippen LogP contribution in [0.1, 0.15) is 25.3 Å². The lowest BCUT2D eigenvalue weighted by Gasteiger charge is -2.33. The van der Waals surface area contributed by atoms with Gasteiger partial charge in [-0.05, 0) is 31.4 Å². The van der Waals surface area contributed by atoms with Crippen LogP contribution in [-0.4, -0.2) is 31.6 Å². The highest BCUT2D eigenvalue weighted by Crippen LogP contribution is 2.31. The van der Waals surface area contributed by atoms with Gasteiger partial charge in [0.05, 0.1) is 0 Å². The lowest BCUT2D eigenvalue weighted by atomic mass is 9.82. The first-order valence-corrected chi connectivity index (χ1v) is 6.58. The quantitative estimate of drug-likeness (QED) is 0.815. The molecule has 94 valence electrons. The van der Waals surface area contributed by atoms with Crippen LogP contribution in [0.15, 0.2) is 30.3 Å². The highest BCUT2D eigenvalue weighted by molar-refractivity contribution is 5.25. The van der Waals surface area contributed by atoms with Crippen molar-refractivity contribution in [2.45, 2.75) is 25.2 Å². The van der Waals surface area contributed by atoms with Crippen molar-refractivity contribution >= 4 is 0 Å². The Bertz CT molecular complexity index is 345. The molecule has 1 unspecified atom stereocenters. The zero-order valence-corrected chi connectivity index (χ0v) is 11.0. The fourth-order valence-corrected chi connectivity index (χ4v) is 2.52. The predicted molar refractivity (Wildman–Crippen MR) is 73.1 cm³/mol. The number of nitrogens with two attached hydrogens (primary N) is 1. The normalized spacial score (nSPS) is 19.3. The number of nitrogens with zero attached hydrogens (tertiary/aromatic N) is 1. The van der Waals surface area contributed by atoms with Gasteiger partial charge in [-0.25, -0.2) is 0 Å². The van der Waals surface area contributed by atoms with Gasteiger partial charge in [-0.2, -0.15) is 0 Å². The van der Waals surface area contributed by atoms with Gasteiger partial charge in [0.15, 0.2) is 0 Å². The molecule has 0 aliphatic heterocycles. The molecule has 1 aromatic carbocycles. The summed E-state index contributed by atoms with van der Waals surface area (Å²) in [5.41, 5.74) is 7.43. The van der Waals surface area contributed by atoms with E-state index in [1.165, 1.54) is 24.9 Å². The SMILES string of the molecule is CN(CC1CC1)CC(C)(CN)c1ccccc1. The Morgan fingerprint density at radius 2 is 1.94 bits per heavy atom. The van der Waals surface area contributed by atoms with Crippen molar-refractivity contribution in [3.63, 3.8) is 0 Å². The summed E-state index contributed by atoms with van der Waals surface area (Å²) in [6.45, 7) is 5.24. The minimum atomic E-state index is 0.0743. The van der Waals surface area contributed by atoms with Gasteiger partial charge >= 0.3 is 0 Å². The summed E-state index contributed by atoms with van der Waals surface area (Å²) in [6, 6.07) is 10.7. The highest BCUT2D eigenvalue weighted by Gasteiger charge is 2.29. The van der Waals surface area contributed by atoms with Crippen molar-refractivity contribution in [1.29, 1.82) is 0 Å². The summed E-state index contributed by atoms with van der Waals surface area (Å²) in [5, 5.41) is 0. The van der Waals surface area contributed by atoms with Gasteiger partial charge in [0.2, 0.25) is 0 Å². The van der Waals surface area contributed by atoms with Crippen LogP contribution in [0.4, 0.5) is 0 Å². The predicted octanol–water partition coefficient (Wildman–Crippen LogP) is 2.24. The third-order valence-corrected chi connectivity index (χ3v) is 3.81. The van der Waals surface area contributed by atoms with Crippen LogP contribution in [0.2, 0.25) is 0 Å². The van der Waals surface area contributed by atoms with Crippen LogP contribution in [0.3, 0.4) is 0 Å². The molecule has 0 radical (unpaired) electrons. The van der Waals surface area contributed by atoms with Crippen molar-refractivity contribution < 1.29 is 0 Å². The van der Waals surface area contributed by atoms with Crippen molar-refractivity contribution in [3.8, 4) is 0 Å². The molecule has 2 rings (SSSR count). The molecular weight excluding hydrogens is 208 g/mol. The number of hydrogen-bond donors (Lipinski definition) is 1. The zero-order chi connectivity index (χ0) is 12.3. The summed E-state index contributed by atoms with van der Waals surface area (Å²) >= 11 is 0. The smallest absolute Gasteiger partial charge is 0.0174 e. The van der Waals surface area contributed by atoms with E-state index in [2.05, 4.69) is 49.2 Å². The molecular formula is C15H24N2. The molecule has 0 amide bonds. The van der Waals surface area contributed by atoms with E-state index in [9.17, 15) is 0 Å². The third kappa shape index (κ3) is 3.30. The number of rotatable bonds is 6. The van der Waals surface area contributed by atoms with Gasteiger partial charge in [0.25, 0.3) is 0 Å². The second-order valence-corrected chi connectivity index (χ2v) is 5.77. The first-order chi connectivity index (χ1) is 8.14. The average molecular weight is 232 g/mol. The molecule has 2 nitrogen and oxygen atoms in total. The van der Waals surface area contributed by atoms with Crippen molar-refractivity contribution in [2.75, 3.05) is 26.7 Å². The Hall–Kier alpha value is -0.860. The van der Waals surface area contributed by atoms with Gasteiger partial charge < -0.3 is 10.6 Å². The molecule has 1 atom stereocenters. The molecule has 1 fully saturated rings. The maximum atomic E-state index is 6.01. The van der Waals surface area contributed by atoms with E-state index in [0.29, 0.717) is 6.54 Å². The molecule has 17 heavy (non-hydrogen) atoms. The molecule has 0 heterocycles. The molecule has 1 saturated carbocycles. The summed E-state index contributed by atoms with van der Waals surface area (Å²) in [7, 11) is 2.22. The van der Waals surface area contributed by atoms with E-state index in [1.54, 1.807) is 0 Å². The number of likely N-dealkylation sites (N-methyl/N-ethyl adjacent to an activating group) is 1. The minimum absolute atomic E-state index is 0.0743. The molecule has 0 saturated heterocycles. The fraction of sp³-hybridized carbons (Fsp3) is 0.600. The molecule has 1 aromatic rings. The Kier molecular flexibility index (Phi) is 3.85. The van der Waals surface area contributed by atoms with E-state index in [0.717, 1.165) is 12.5 Å². The van der Waals surface area contributed by atoms with E-state index in [1.807, 2.05) is 0 Å². The van der Waals surface area contributed by atoms with Gasteiger partial charge in [-0.3, -0.25) is 0 Å². The Morgan fingerprint density at radius 3 is 2.47 bits per heavy atom. The maximum absolute atomic E-state index is 6.01. The lowest BCUT2D eigenvalue weighted by Crippen LogP contribution is -2.43. The van der Waals surface area contributed by atoms with Crippen LogP contribution < -0.4 is 5.73 Å². The molecule has 0 bridgehead atoms. The molecule has 1 aliphatic carbocycles. The fourth-order valence-electron chi connectivity index (χ4n) is 2.52. The first kappa shape index (κ1) is 12.6. The number of hydrogen-bond acceptors (Lipinski definition) is 2. The number of benzene rings is 1. The molecule has 1 aliphatic rings. The third-order valence-electron chi connectivity index (χ3n) is 3.81. The minimum Gasteiger partial charge on any atom is -0.330 e. The molecule has 2 heteroatoms. The van der Waals surface area contributed by atoms with Crippen molar-refractivity contribution in [2.24, 2.45) is 11.7 Å². The molecule has 0 spiro atoms. The largest absolute Gasteiger partial charge is 0.330 e. The molecule has 2 N–H and O–H groups in total.